The van der Waals surface area contributed by atoms with Gasteiger partial charge in [0.15, 0.2) is 0 Å². The highest BCUT2D eigenvalue weighted by molar-refractivity contribution is 5.28. The summed E-state index contributed by atoms with van der Waals surface area (Å²) >= 11 is 0. The Morgan fingerprint density at radius 2 is 2.06 bits per heavy atom. The first-order valence-electron chi connectivity index (χ1n) is 6.66. The lowest BCUT2D eigenvalue weighted by molar-refractivity contribution is -0.0131. The minimum Gasteiger partial charge on any atom is -0.501 e. The number of allylic oxidation sites excluding steroid dienone is 1. The second kappa shape index (κ2) is 3.50. The monoisotopic (exact) mass is 237 g/mol. The van der Waals surface area contributed by atoms with Gasteiger partial charge in [-0.25, -0.2) is 0 Å². The van der Waals surface area contributed by atoms with E-state index < -0.39 is 0 Å². The largest absolute Gasteiger partial charge is 0.501 e. The van der Waals surface area contributed by atoms with Gasteiger partial charge in [0.2, 0.25) is 0 Å². The number of nitrogens with zero attached hydrogens (tertiary/aromatic N) is 1. The Morgan fingerprint density at radius 1 is 1.47 bits per heavy atom. The Balaban J connectivity index is 1.95. The zero-order valence-corrected chi connectivity index (χ0v) is 12.3. The van der Waals surface area contributed by atoms with E-state index in [1.807, 2.05) is 0 Å². The van der Waals surface area contributed by atoms with Crippen molar-refractivity contribution in [3.05, 3.63) is 12.3 Å². The number of fused-ring (bicyclic) bond motifs is 1. The van der Waals surface area contributed by atoms with Gasteiger partial charge >= 0.3 is 0 Å². The summed E-state index contributed by atoms with van der Waals surface area (Å²) in [5.74, 6) is 0.897. The summed E-state index contributed by atoms with van der Waals surface area (Å²) in [5.41, 5.74) is 1.16. The van der Waals surface area contributed by atoms with Crippen molar-refractivity contribution < 1.29 is 4.74 Å². The van der Waals surface area contributed by atoms with Gasteiger partial charge in [-0.05, 0) is 26.7 Å². The lowest BCUT2D eigenvalue weighted by Crippen LogP contribution is -2.57. The van der Waals surface area contributed by atoms with Crippen LogP contribution in [0.15, 0.2) is 12.3 Å². The molecule has 0 amide bonds. The van der Waals surface area contributed by atoms with Crippen molar-refractivity contribution in [2.75, 3.05) is 13.7 Å². The standard InChI is InChI=1S/C15H27NO/c1-11(8-13(3,4)12(2)17-7)16-10-14(5)9-15(14,16)6/h11H,2,8-10H2,1,3-7H3. The third-order valence-corrected chi connectivity index (χ3v) is 5.40. The van der Waals surface area contributed by atoms with Gasteiger partial charge in [-0.2, -0.15) is 0 Å². The number of likely N-dealkylation sites (tertiary alicyclic amines) is 1. The number of methoxy groups -OCH3 is 1. The van der Waals surface area contributed by atoms with Crippen molar-refractivity contribution in [1.29, 1.82) is 0 Å². The lowest BCUT2D eigenvalue weighted by atomic mass is 9.81. The maximum absolute atomic E-state index is 5.32. The van der Waals surface area contributed by atoms with Gasteiger partial charge in [-0.15, -0.1) is 0 Å². The number of ether oxygens (including phenoxy) is 1. The van der Waals surface area contributed by atoms with E-state index in [2.05, 4.69) is 46.1 Å². The highest BCUT2D eigenvalue weighted by atomic mass is 16.5. The van der Waals surface area contributed by atoms with E-state index in [1.165, 1.54) is 13.0 Å². The minimum atomic E-state index is 0.0609. The second-order valence-corrected chi connectivity index (χ2v) is 7.20. The molecule has 1 saturated heterocycles. The third kappa shape index (κ3) is 1.72. The summed E-state index contributed by atoms with van der Waals surface area (Å²) in [5, 5.41) is 0. The van der Waals surface area contributed by atoms with Crippen LogP contribution in [0.1, 0.15) is 47.5 Å². The van der Waals surface area contributed by atoms with E-state index in [0.29, 0.717) is 17.0 Å². The van der Waals surface area contributed by atoms with Crippen molar-refractivity contribution in [3.8, 4) is 0 Å². The fourth-order valence-corrected chi connectivity index (χ4v) is 3.73. The van der Waals surface area contributed by atoms with Gasteiger partial charge in [-0.1, -0.05) is 27.4 Å². The Hall–Kier alpha value is -0.500. The maximum Gasteiger partial charge on any atom is 0.0940 e. The number of hydrogen-bond donors (Lipinski definition) is 0. The van der Waals surface area contributed by atoms with Gasteiger partial charge in [0.1, 0.15) is 0 Å². The summed E-state index contributed by atoms with van der Waals surface area (Å²) in [4.78, 5) is 2.66. The normalized spacial score (nSPS) is 38.0. The molecule has 0 bridgehead atoms. The SMILES string of the molecule is C=C(OC)C(C)(C)CC(C)N1CC2(C)CC12C. The molecular weight excluding hydrogens is 210 g/mol. The number of rotatable bonds is 5. The average Bonchev–Trinajstić information content (AvgIpc) is 2.63. The summed E-state index contributed by atoms with van der Waals surface area (Å²) < 4.78 is 5.32. The van der Waals surface area contributed by atoms with Gasteiger partial charge in [0, 0.05) is 29.0 Å². The summed E-state index contributed by atoms with van der Waals surface area (Å²) in [7, 11) is 1.72. The van der Waals surface area contributed by atoms with Crippen molar-refractivity contribution in [3.63, 3.8) is 0 Å². The topological polar surface area (TPSA) is 12.5 Å². The molecule has 1 heterocycles. The summed E-state index contributed by atoms with van der Waals surface area (Å²) in [6.07, 6.45) is 2.49. The van der Waals surface area contributed by atoms with E-state index in [1.54, 1.807) is 7.11 Å². The van der Waals surface area contributed by atoms with Crippen molar-refractivity contribution in [2.45, 2.75) is 59.0 Å². The first kappa shape index (κ1) is 12.9. The minimum absolute atomic E-state index is 0.0609. The smallest absolute Gasteiger partial charge is 0.0940 e. The van der Waals surface area contributed by atoms with Crippen LogP contribution in [0, 0.1) is 10.8 Å². The maximum atomic E-state index is 5.32. The fourth-order valence-electron chi connectivity index (χ4n) is 3.73. The molecule has 0 aromatic heterocycles. The molecule has 3 atom stereocenters. The third-order valence-electron chi connectivity index (χ3n) is 5.40. The van der Waals surface area contributed by atoms with Gasteiger partial charge in [0.25, 0.3) is 0 Å². The van der Waals surface area contributed by atoms with Crippen LogP contribution in [0.4, 0.5) is 0 Å². The average molecular weight is 237 g/mol. The zero-order valence-electron chi connectivity index (χ0n) is 12.3. The molecule has 0 N–H and O–H groups in total. The molecule has 0 aromatic rings. The van der Waals surface area contributed by atoms with Crippen LogP contribution in [0.25, 0.3) is 0 Å². The molecule has 0 aromatic carbocycles. The van der Waals surface area contributed by atoms with Gasteiger partial charge in [-0.3, -0.25) is 4.90 Å². The molecule has 2 rings (SSSR count). The van der Waals surface area contributed by atoms with Crippen molar-refractivity contribution in [1.82, 2.24) is 4.90 Å². The molecule has 1 saturated carbocycles. The highest BCUT2D eigenvalue weighted by Crippen LogP contribution is 2.69. The van der Waals surface area contributed by atoms with Gasteiger partial charge < -0.3 is 4.74 Å². The molecule has 0 radical (unpaired) electrons. The van der Waals surface area contributed by atoms with E-state index in [9.17, 15) is 0 Å². The molecule has 2 fully saturated rings. The predicted octanol–water partition coefficient (Wildman–Crippen LogP) is 3.44. The molecule has 1 aliphatic heterocycles. The Morgan fingerprint density at radius 3 is 2.41 bits per heavy atom. The molecular formula is C15H27NO. The van der Waals surface area contributed by atoms with Crippen LogP contribution in [0.5, 0.6) is 0 Å². The van der Waals surface area contributed by atoms with Crippen LogP contribution >= 0.6 is 0 Å². The number of hydrogen-bond acceptors (Lipinski definition) is 2. The molecule has 98 valence electrons. The Bertz CT molecular complexity index is 349. The summed E-state index contributed by atoms with van der Waals surface area (Å²) in [6, 6.07) is 0.609. The molecule has 17 heavy (non-hydrogen) atoms. The van der Waals surface area contributed by atoms with E-state index in [4.69, 9.17) is 4.74 Å². The van der Waals surface area contributed by atoms with Gasteiger partial charge in [0.05, 0.1) is 12.9 Å². The van der Waals surface area contributed by atoms with E-state index in [0.717, 1.165) is 12.2 Å². The highest BCUT2D eigenvalue weighted by Gasteiger charge is 2.73. The van der Waals surface area contributed by atoms with Crippen molar-refractivity contribution in [2.24, 2.45) is 10.8 Å². The Labute approximate surface area is 106 Å². The molecule has 0 spiro atoms. The van der Waals surface area contributed by atoms with E-state index in [-0.39, 0.29) is 5.41 Å². The van der Waals surface area contributed by atoms with Crippen molar-refractivity contribution >= 4 is 0 Å². The molecule has 1 aliphatic carbocycles. The second-order valence-electron chi connectivity index (χ2n) is 7.20. The quantitative estimate of drug-likeness (QED) is 0.679. The van der Waals surface area contributed by atoms with Crippen LogP contribution < -0.4 is 0 Å². The molecule has 2 nitrogen and oxygen atoms in total. The van der Waals surface area contributed by atoms with Crippen LogP contribution in [0.3, 0.4) is 0 Å². The van der Waals surface area contributed by atoms with Crippen LogP contribution in [-0.2, 0) is 4.74 Å². The van der Waals surface area contributed by atoms with Crippen LogP contribution in [0.2, 0.25) is 0 Å². The first-order valence-corrected chi connectivity index (χ1v) is 6.66. The van der Waals surface area contributed by atoms with Crippen LogP contribution in [-0.4, -0.2) is 30.1 Å². The van der Waals surface area contributed by atoms with E-state index >= 15 is 0 Å². The predicted molar refractivity (Wildman–Crippen MR) is 71.8 cm³/mol. The lowest BCUT2D eigenvalue weighted by Gasteiger charge is -2.49. The summed E-state index contributed by atoms with van der Waals surface area (Å²) in [6.45, 7) is 16.9. The Kier molecular flexibility index (Phi) is 2.67. The first-order chi connectivity index (χ1) is 7.66. The molecule has 2 heteroatoms. The fraction of sp³-hybridized carbons (Fsp3) is 0.867. The molecule has 2 aliphatic rings. The zero-order chi connectivity index (χ0) is 13.1. The molecule has 3 unspecified atom stereocenters.